The van der Waals surface area contributed by atoms with Crippen molar-refractivity contribution >= 4 is 15.7 Å². The van der Waals surface area contributed by atoms with Gasteiger partial charge in [0.05, 0.1) is 4.90 Å². The van der Waals surface area contributed by atoms with Crippen LogP contribution < -0.4 is 10.0 Å². The van der Waals surface area contributed by atoms with Crippen molar-refractivity contribution in [3.05, 3.63) is 131 Å². The molecule has 2 N–H and O–H groups in total. The summed E-state index contributed by atoms with van der Waals surface area (Å²) in [5.41, 5.74) is 4.29. The van der Waals surface area contributed by atoms with Crippen LogP contribution in [0.25, 0.3) is 0 Å². The van der Waals surface area contributed by atoms with E-state index < -0.39 is 15.6 Å². The van der Waals surface area contributed by atoms with Crippen LogP contribution in [-0.4, -0.2) is 15.5 Å². The Hall–Kier alpha value is -3.41. The number of nitrogens with one attached hydrogen (secondary N) is 2. The summed E-state index contributed by atoms with van der Waals surface area (Å²) < 4.78 is 26.9. The highest BCUT2D eigenvalue weighted by molar-refractivity contribution is 7.89. The fourth-order valence-electron chi connectivity index (χ4n) is 4.04. The van der Waals surface area contributed by atoms with Gasteiger partial charge >= 0.3 is 0 Å². The van der Waals surface area contributed by atoms with E-state index in [1.165, 1.54) is 7.05 Å². The Balaban J connectivity index is 1.95. The predicted molar refractivity (Wildman–Crippen MR) is 130 cm³/mol. The predicted octanol–water partition coefficient (Wildman–Crippen LogP) is 5.31. The van der Waals surface area contributed by atoms with E-state index in [9.17, 15) is 8.42 Å². The number of hydrogen-bond donors (Lipinski definition) is 2. The van der Waals surface area contributed by atoms with Gasteiger partial charge in [-0.05, 0) is 54.4 Å². The highest BCUT2D eigenvalue weighted by Gasteiger charge is 2.36. The Morgan fingerprint density at radius 3 is 1.47 bits per heavy atom. The zero-order valence-electron chi connectivity index (χ0n) is 18.1. The van der Waals surface area contributed by atoms with E-state index in [0.29, 0.717) is 0 Å². The number of anilines is 1. The summed E-state index contributed by atoms with van der Waals surface area (Å²) in [5, 5.41) is 3.79. The lowest BCUT2D eigenvalue weighted by atomic mass is 9.76. The quantitative estimate of drug-likeness (QED) is 0.382. The molecule has 32 heavy (non-hydrogen) atoms. The van der Waals surface area contributed by atoms with Crippen molar-refractivity contribution in [1.29, 1.82) is 0 Å². The van der Waals surface area contributed by atoms with Crippen molar-refractivity contribution in [2.24, 2.45) is 0 Å². The molecule has 0 bridgehead atoms. The molecule has 0 amide bonds. The molecule has 4 rings (SSSR count). The van der Waals surface area contributed by atoms with Gasteiger partial charge in [0.15, 0.2) is 0 Å². The lowest BCUT2D eigenvalue weighted by molar-refractivity contribution is 0.588. The maximum atomic E-state index is 12.3. The van der Waals surface area contributed by atoms with Crippen molar-refractivity contribution in [3.63, 3.8) is 0 Å². The van der Waals surface area contributed by atoms with Gasteiger partial charge in [-0.3, -0.25) is 0 Å². The Kier molecular flexibility index (Phi) is 6.12. The average Bonchev–Trinajstić information content (AvgIpc) is 2.85. The van der Waals surface area contributed by atoms with E-state index >= 15 is 0 Å². The molecule has 0 fully saturated rings. The maximum absolute atomic E-state index is 12.3. The molecule has 4 aromatic rings. The summed E-state index contributed by atoms with van der Waals surface area (Å²) in [7, 11) is -2.10. The molecular weight excluding hydrogens is 416 g/mol. The molecule has 4 nitrogen and oxygen atoms in total. The lowest BCUT2D eigenvalue weighted by Gasteiger charge is -2.38. The molecule has 0 saturated heterocycles. The summed E-state index contributed by atoms with van der Waals surface area (Å²) in [6, 6.07) is 36.1. The third-order valence-electron chi connectivity index (χ3n) is 5.72. The highest BCUT2D eigenvalue weighted by atomic mass is 32.2. The van der Waals surface area contributed by atoms with E-state index in [0.717, 1.165) is 27.9 Å². The molecule has 0 unspecified atom stereocenters. The summed E-state index contributed by atoms with van der Waals surface area (Å²) >= 11 is 0. The maximum Gasteiger partial charge on any atom is 0.240 e. The first-order valence-electron chi connectivity index (χ1n) is 10.5. The first-order valence-corrected chi connectivity index (χ1v) is 11.9. The second-order valence-electron chi connectivity index (χ2n) is 7.66. The smallest absolute Gasteiger partial charge is 0.240 e. The van der Waals surface area contributed by atoms with Crippen LogP contribution in [0.4, 0.5) is 5.69 Å². The SMILES string of the molecule is CNS(=O)(=O)c1ccc(NC(c2ccccc2)(c2ccccc2)c2ccccc2)c(C)c1. The van der Waals surface area contributed by atoms with Crippen LogP contribution in [0.15, 0.2) is 114 Å². The molecule has 4 aromatic carbocycles. The Bertz CT molecular complexity index is 1190. The normalized spacial score (nSPS) is 11.8. The third kappa shape index (κ3) is 4.05. The molecule has 0 atom stereocenters. The fourth-order valence-corrected chi connectivity index (χ4v) is 4.86. The van der Waals surface area contributed by atoms with Gasteiger partial charge in [0.25, 0.3) is 0 Å². The molecule has 0 radical (unpaired) electrons. The van der Waals surface area contributed by atoms with Crippen molar-refractivity contribution in [2.45, 2.75) is 17.4 Å². The van der Waals surface area contributed by atoms with Crippen LogP contribution in [0, 0.1) is 6.92 Å². The second kappa shape index (κ2) is 8.99. The van der Waals surface area contributed by atoms with Crippen molar-refractivity contribution in [1.82, 2.24) is 4.72 Å². The topological polar surface area (TPSA) is 58.2 Å². The van der Waals surface area contributed by atoms with Crippen LogP contribution >= 0.6 is 0 Å². The number of hydrogen-bond acceptors (Lipinski definition) is 3. The van der Waals surface area contributed by atoms with E-state index in [2.05, 4.69) is 46.4 Å². The fraction of sp³-hybridized carbons (Fsp3) is 0.111. The molecule has 0 aliphatic heterocycles. The molecule has 0 aliphatic rings. The van der Waals surface area contributed by atoms with E-state index in [1.807, 2.05) is 67.6 Å². The number of sulfonamides is 1. The second-order valence-corrected chi connectivity index (χ2v) is 9.54. The van der Waals surface area contributed by atoms with Gasteiger partial charge in [0.2, 0.25) is 10.0 Å². The van der Waals surface area contributed by atoms with Crippen molar-refractivity contribution in [3.8, 4) is 0 Å². The number of aryl methyl sites for hydroxylation is 1. The minimum absolute atomic E-state index is 0.243. The Labute approximate surface area is 190 Å². The molecule has 5 heteroatoms. The van der Waals surface area contributed by atoms with Gasteiger partial charge in [-0.25, -0.2) is 13.1 Å². The standard InChI is InChI=1S/C27H26N2O2S/c1-21-20-25(32(30,31)28-2)18-19-26(21)29-27(22-12-6-3-7-13-22,23-14-8-4-9-15-23)24-16-10-5-11-17-24/h3-20,28-29H,1-2H3. The van der Waals surface area contributed by atoms with Crippen LogP contribution in [-0.2, 0) is 15.6 Å². The highest BCUT2D eigenvalue weighted by Crippen LogP contribution is 2.40. The third-order valence-corrected chi connectivity index (χ3v) is 7.13. The van der Waals surface area contributed by atoms with Gasteiger partial charge in [0.1, 0.15) is 5.54 Å². The summed E-state index contributed by atoms with van der Waals surface area (Å²) in [5.74, 6) is 0. The van der Waals surface area contributed by atoms with Crippen LogP contribution in [0.2, 0.25) is 0 Å². The van der Waals surface area contributed by atoms with E-state index in [4.69, 9.17) is 0 Å². The first kappa shape index (κ1) is 21.8. The summed E-state index contributed by atoms with van der Waals surface area (Å²) in [6.45, 7) is 1.92. The van der Waals surface area contributed by atoms with Gasteiger partial charge < -0.3 is 5.32 Å². The molecule has 0 aliphatic carbocycles. The zero-order chi connectivity index (χ0) is 22.6. The Morgan fingerprint density at radius 2 is 1.09 bits per heavy atom. The lowest BCUT2D eigenvalue weighted by Crippen LogP contribution is -2.38. The largest absolute Gasteiger partial charge is 0.368 e. The van der Waals surface area contributed by atoms with Gasteiger partial charge in [-0.2, -0.15) is 0 Å². The first-order chi connectivity index (χ1) is 15.5. The molecule has 0 saturated carbocycles. The van der Waals surface area contributed by atoms with Crippen molar-refractivity contribution < 1.29 is 8.42 Å². The van der Waals surface area contributed by atoms with E-state index in [1.54, 1.807) is 12.1 Å². The zero-order valence-corrected chi connectivity index (χ0v) is 18.9. The monoisotopic (exact) mass is 442 g/mol. The summed E-state index contributed by atoms with van der Waals surface area (Å²) in [6.07, 6.45) is 0. The molecule has 0 spiro atoms. The number of rotatable bonds is 7. The molecular formula is C27H26N2O2S. The van der Waals surface area contributed by atoms with Gasteiger partial charge in [-0.1, -0.05) is 91.0 Å². The Morgan fingerprint density at radius 1 is 0.656 bits per heavy atom. The van der Waals surface area contributed by atoms with Gasteiger partial charge in [0, 0.05) is 5.69 Å². The summed E-state index contributed by atoms with van der Waals surface area (Å²) in [4.78, 5) is 0.243. The molecule has 0 heterocycles. The number of benzene rings is 4. The van der Waals surface area contributed by atoms with E-state index in [-0.39, 0.29) is 4.90 Å². The van der Waals surface area contributed by atoms with Gasteiger partial charge in [-0.15, -0.1) is 0 Å². The molecule has 0 aromatic heterocycles. The van der Waals surface area contributed by atoms with Crippen molar-refractivity contribution in [2.75, 3.05) is 12.4 Å². The minimum atomic E-state index is -3.52. The minimum Gasteiger partial charge on any atom is -0.368 e. The van der Waals surface area contributed by atoms with Crippen LogP contribution in [0.5, 0.6) is 0 Å². The average molecular weight is 443 g/mol. The van der Waals surface area contributed by atoms with Crippen LogP contribution in [0.1, 0.15) is 22.3 Å². The van der Waals surface area contributed by atoms with Crippen LogP contribution in [0.3, 0.4) is 0 Å². The molecule has 162 valence electrons.